The van der Waals surface area contributed by atoms with E-state index in [4.69, 9.17) is 4.74 Å². The van der Waals surface area contributed by atoms with Gasteiger partial charge in [-0.3, -0.25) is 19.7 Å². The highest BCUT2D eigenvalue weighted by Crippen LogP contribution is 2.51. The number of nitrogens with one attached hydrogen (secondary N) is 1. The summed E-state index contributed by atoms with van der Waals surface area (Å²) in [6, 6.07) is 13.1. The molecule has 7 nitrogen and oxygen atoms in total. The predicted molar refractivity (Wildman–Crippen MR) is 119 cm³/mol. The van der Waals surface area contributed by atoms with E-state index < -0.39 is 29.4 Å². The molecule has 4 atom stereocenters. The summed E-state index contributed by atoms with van der Waals surface area (Å²) < 4.78 is 5.16. The Hall–Kier alpha value is -3.19. The van der Waals surface area contributed by atoms with E-state index in [0.717, 1.165) is 17.5 Å². The third-order valence-corrected chi connectivity index (χ3v) is 6.67. The third-order valence-electron chi connectivity index (χ3n) is 6.67. The van der Waals surface area contributed by atoms with Gasteiger partial charge in [-0.2, -0.15) is 0 Å². The summed E-state index contributed by atoms with van der Waals surface area (Å²) in [7, 11) is 1.31. The first-order valence-corrected chi connectivity index (χ1v) is 10.9. The number of imide groups is 1. The largest absolute Gasteiger partial charge is 0.508 e. The highest BCUT2D eigenvalue weighted by Gasteiger charge is 2.68. The zero-order valence-corrected chi connectivity index (χ0v) is 18.5. The van der Waals surface area contributed by atoms with Gasteiger partial charge in [0.05, 0.1) is 24.6 Å². The van der Waals surface area contributed by atoms with Crippen molar-refractivity contribution in [3.63, 3.8) is 0 Å². The van der Waals surface area contributed by atoms with E-state index in [9.17, 15) is 19.5 Å². The molecule has 4 rings (SSSR count). The fraction of sp³-hybridized carbons (Fsp3) is 0.400. The molecule has 0 radical (unpaired) electrons. The maximum Gasteiger partial charge on any atom is 0.326 e. The van der Waals surface area contributed by atoms with Gasteiger partial charge in [0.15, 0.2) is 0 Å². The Morgan fingerprint density at radius 2 is 1.75 bits per heavy atom. The number of rotatable bonds is 6. The number of aromatic hydroxyl groups is 1. The number of amides is 2. The molecule has 2 aliphatic heterocycles. The lowest BCUT2D eigenvalue weighted by atomic mass is 9.76. The number of hydrogen-bond donors (Lipinski definition) is 2. The van der Waals surface area contributed by atoms with Crippen molar-refractivity contribution in [2.75, 3.05) is 12.0 Å². The predicted octanol–water partition coefficient (Wildman–Crippen LogP) is 3.25. The van der Waals surface area contributed by atoms with Crippen molar-refractivity contribution >= 4 is 23.5 Å². The summed E-state index contributed by atoms with van der Waals surface area (Å²) >= 11 is 0. The summed E-state index contributed by atoms with van der Waals surface area (Å²) in [5, 5.41) is 13.1. The van der Waals surface area contributed by atoms with Gasteiger partial charge in [0.25, 0.3) is 0 Å². The topological polar surface area (TPSA) is 95.9 Å². The number of ether oxygens (including phenoxy) is 1. The molecule has 2 amide bonds. The lowest BCUT2D eigenvalue weighted by Crippen LogP contribution is -2.56. The van der Waals surface area contributed by atoms with Gasteiger partial charge >= 0.3 is 5.97 Å². The molecule has 2 aromatic rings. The summed E-state index contributed by atoms with van der Waals surface area (Å²) in [6.45, 7) is 3.94. The van der Waals surface area contributed by atoms with Gasteiger partial charge in [0.2, 0.25) is 11.8 Å². The van der Waals surface area contributed by atoms with Crippen molar-refractivity contribution in [3.8, 4) is 5.75 Å². The molecular formula is C25H28N2O5. The molecule has 2 N–H and O–H groups in total. The third kappa shape index (κ3) is 3.37. The number of aryl methyl sites for hydroxylation is 1. The van der Waals surface area contributed by atoms with Crippen LogP contribution in [0.5, 0.6) is 5.75 Å². The monoisotopic (exact) mass is 436 g/mol. The summed E-state index contributed by atoms with van der Waals surface area (Å²) in [4.78, 5) is 41.8. The fourth-order valence-electron chi connectivity index (χ4n) is 5.08. The molecule has 2 fully saturated rings. The van der Waals surface area contributed by atoms with Gasteiger partial charge in [0, 0.05) is 6.04 Å². The molecule has 2 aliphatic rings. The number of phenolic OH excluding ortho intramolecular Hbond substituents is 1. The normalized spacial score (nSPS) is 27.0. The molecule has 2 heterocycles. The number of hydrogen-bond acceptors (Lipinski definition) is 6. The number of carbonyl (C=O) groups is 3. The SMILES string of the molecule is CCCC[C@]1(C(=O)OC)N[C@@H](c2ccc(O)cc2)[C@H]2C(=O)N(c3ccc(C)cc3)C(=O)[C@@H]21. The maximum atomic E-state index is 13.7. The Kier molecular flexibility index (Phi) is 5.77. The highest BCUT2D eigenvalue weighted by atomic mass is 16.5. The van der Waals surface area contributed by atoms with Crippen molar-refractivity contribution < 1.29 is 24.2 Å². The Morgan fingerprint density at radius 1 is 1.09 bits per heavy atom. The average molecular weight is 437 g/mol. The molecule has 2 aromatic carbocycles. The van der Waals surface area contributed by atoms with Crippen molar-refractivity contribution in [2.45, 2.75) is 44.7 Å². The summed E-state index contributed by atoms with van der Waals surface area (Å²) in [5.74, 6) is -2.80. The molecule has 0 unspecified atom stereocenters. The van der Waals surface area contributed by atoms with Gasteiger partial charge in [-0.15, -0.1) is 0 Å². The molecule has 0 aliphatic carbocycles. The Balaban J connectivity index is 1.85. The van der Waals surface area contributed by atoms with E-state index in [1.165, 1.54) is 24.1 Å². The molecule has 0 bridgehead atoms. The van der Waals surface area contributed by atoms with Crippen LogP contribution in [-0.2, 0) is 19.1 Å². The Labute approximate surface area is 187 Å². The van der Waals surface area contributed by atoms with Crippen LogP contribution >= 0.6 is 0 Å². The van der Waals surface area contributed by atoms with Crippen molar-refractivity contribution in [1.29, 1.82) is 0 Å². The number of fused-ring (bicyclic) bond motifs is 1. The number of phenols is 1. The number of carbonyl (C=O) groups excluding carboxylic acids is 3. The highest BCUT2D eigenvalue weighted by molar-refractivity contribution is 6.24. The molecule has 32 heavy (non-hydrogen) atoms. The number of anilines is 1. The molecular weight excluding hydrogens is 408 g/mol. The zero-order valence-electron chi connectivity index (χ0n) is 18.5. The zero-order chi connectivity index (χ0) is 23.0. The van der Waals surface area contributed by atoms with E-state index in [1.807, 2.05) is 26.0 Å². The minimum atomic E-state index is -1.30. The van der Waals surface area contributed by atoms with Crippen LogP contribution in [0.15, 0.2) is 48.5 Å². The maximum absolute atomic E-state index is 13.7. The number of esters is 1. The van der Waals surface area contributed by atoms with E-state index in [2.05, 4.69) is 5.32 Å². The van der Waals surface area contributed by atoms with Gasteiger partial charge in [0.1, 0.15) is 11.3 Å². The molecule has 168 valence electrons. The fourth-order valence-corrected chi connectivity index (χ4v) is 5.08. The van der Waals surface area contributed by atoms with Gasteiger partial charge in [-0.1, -0.05) is 49.6 Å². The van der Waals surface area contributed by atoms with Crippen molar-refractivity contribution in [3.05, 3.63) is 59.7 Å². The number of nitrogens with zero attached hydrogens (tertiary/aromatic N) is 1. The second-order valence-electron chi connectivity index (χ2n) is 8.63. The van der Waals surface area contributed by atoms with Crippen LogP contribution in [-0.4, -0.2) is 35.5 Å². The smallest absolute Gasteiger partial charge is 0.326 e. The Morgan fingerprint density at radius 3 is 2.34 bits per heavy atom. The second kappa shape index (κ2) is 8.39. The van der Waals surface area contributed by atoms with Gasteiger partial charge < -0.3 is 9.84 Å². The van der Waals surface area contributed by atoms with Crippen molar-refractivity contribution in [2.24, 2.45) is 11.8 Å². The van der Waals surface area contributed by atoms with Crippen LogP contribution in [0.2, 0.25) is 0 Å². The van der Waals surface area contributed by atoms with Gasteiger partial charge in [-0.05, 0) is 43.2 Å². The minimum absolute atomic E-state index is 0.101. The lowest BCUT2D eigenvalue weighted by Gasteiger charge is -2.32. The van der Waals surface area contributed by atoms with Gasteiger partial charge in [-0.25, -0.2) is 4.90 Å². The van der Waals surface area contributed by atoms with Crippen LogP contribution in [0.1, 0.15) is 43.4 Å². The summed E-state index contributed by atoms with van der Waals surface area (Å²) in [6.07, 6.45) is 1.90. The van der Waals surface area contributed by atoms with Crippen LogP contribution in [0.4, 0.5) is 5.69 Å². The summed E-state index contributed by atoms with van der Waals surface area (Å²) in [5.41, 5.74) is 0.943. The molecule has 0 spiro atoms. The van der Waals surface area contributed by atoms with Crippen LogP contribution in [0.3, 0.4) is 0 Å². The number of unbranched alkanes of at least 4 members (excludes halogenated alkanes) is 1. The lowest BCUT2D eigenvalue weighted by molar-refractivity contribution is -0.152. The molecule has 0 saturated carbocycles. The Bertz CT molecular complexity index is 1030. The van der Waals surface area contributed by atoms with Crippen LogP contribution < -0.4 is 10.2 Å². The first kappa shape index (κ1) is 22.0. The first-order valence-electron chi connectivity index (χ1n) is 10.9. The van der Waals surface area contributed by atoms with Crippen LogP contribution in [0, 0.1) is 18.8 Å². The average Bonchev–Trinajstić information content (AvgIpc) is 3.27. The number of benzene rings is 2. The standard InChI is InChI=1S/C25H28N2O5/c1-4-5-14-25(24(31)32-3)20-19(21(26-25)16-8-12-18(28)13-9-16)22(29)27(23(20)30)17-10-6-15(2)7-11-17/h6-13,19-21,26,28H,4-5,14H2,1-3H3/t19-,20+,21-,25-/m0/s1. The van der Waals surface area contributed by atoms with E-state index in [-0.39, 0.29) is 17.6 Å². The van der Waals surface area contributed by atoms with Crippen molar-refractivity contribution in [1.82, 2.24) is 5.32 Å². The van der Waals surface area contributed by atoms with E-state index >= 15 is 0 Å². The first-order chi connectivity index (χ1) is 15.3. The molecule has 7 heteroatoms. The molecule has 2 saturated heterocycles. The number of methoxy groups -OCH3 is 1. The van der Waals surface area contributed by atoms with E-state index in [0.29, 0.717) is 18.5 Å². The quantitative estimate of drug-likeness (QED) is 0.533. The van der Waals surface area contributed by atoms with E-state index in [1.54, 1.807) is 24.3 Å². The van der Waals surface area contributed by atoms with Crippen LogP contribution in [0.25, 0.3) is 0 Å². The minimum Gasteiger partial charge on any atom is -0.508 e. The second-order valence-corrected chi connectivity index (χ2v) is 8.63. The molecule has 0 aromatic heterocycles.